The normalized spacial score (nSPS) is 19.1. The van der Waals surface area contributed by atoms with Crippen molar-refractivity contribution in [3.63, 3.8) is 0 Å². The molecule has 2 aliphatic rings. The van der Waals surface area contributed by atoms with E-state index in [-0.39, 0.29) is 0 Å². The van der Waals surface area contributed by atoms with Gasteiger partial charge < -0.3 is 9.64 Å². The molecule has 0 saturated carbocycles. The zero-order chi connectivity index (χ0) is 23.5. The lowest BCUT2D eigenvalue weighted by Crippen LogP contribution is -2.41. The molecule has 0 aliphatic carbocycles. The molecule has 7 heteroatoms. The van der Waals surface area contributed by atoms with E-state index in [0.29, 0.717) is 37.1 Å². The van der Waals surface area contributed by atoms with E-state index < -0.39 is 15.7 Å². The number of hydrogen-bond donors (Lipinski definition) is 0. The van der Waals surface area contributed by atoms with Gasteiger partial charge >= 0.3 is 0 Å². The summed E-state index contributed by atoms with van der Waals surface area (Å²) in [4.78, 5) is 2.56. The maximum atomic E-state index is 13.8. The van der Waals surface area contributed by atoms with Crippen LogP contribution in [0.4, 0.5) is 4.39 Å². The molecule has 2 aromatic rings. The van der Waals surface area contributed by atoms with E-state index in [1.807, 2.05) is 36.4 Å². The van der Waals surface area contributed by atoms with E-state index >= 15 is 0 Å². The molecular formula is C26H35FN2O3S. The molecule has 2 saturated heterocycles. The molecule has 0 radical (unpaired) electrons. The Kier molecular flexibility index (Phi) is 7.41. The minimum atomic E-state index is -3.38. The summed E-state index contributed by atoms with van der Waals surface area (Å²) in [6.45, 7) is 7.50. The molecule has 0 spiro atoms. The molecule has 0 amide bonds. The number of hydrogen-bond acceptors (Lipinski definition) is 4. The summed E-state index contributed by atoms with van der Waals surface area (Å²) in [5, 5.41) is 0. The molecule has 2 aliphatic heterocycles. The van der Waals surface area contributed by atoms with E-state index in [9.17, 15) is 12.8 Å². The Labute approximate surface area is 197 Å². The minimum Gasteiger partial charge on any atom is -0.493 e. The first-order valence-corrected chi connectivity index (χ1v) is 13.4. The van der Waals surface area contributed by atoms with Crippen LogP contribution < -0.4 is 4.74 Å². The lowest BCUT2D eigenvalue weighted by Gasteiger charge is -2.34. The first kappa shape index (κ1) is 24.2. The number of ether oxygens (including phenoxy) is 1. The van der Waals surface area contributed by atoms with Gasteiger partial charge in [-0.2, -0.15) is 4.31 Å². The predicted octanol–water partition coefficient (Wildman–Crippen LogP) is 4.98. The molecule has 0 atom stereocenters. The number of nitrogens with zero attached hydrogens (tertiary/aromatic N) is 2. The quantitative estimate of drug-likeness (QED) is 0.542. The summed E-state index contributed by atoms with van der Waals surface area (Å²) in [7, 11) is -3.38. The van der Waals surface area contributed by atoms with Crippen molar-refractivity contribution >= 4 is 10.0 Å². The Morgan fingerprint density at radius 2 is 1.45 bits per heavy atom. The summed E-state index contributed by atoms with van der Waals surface area (Å²) in [5.74, 6) is 1.33. The molecule has 0 aromatic heterocycles. The number of likely N-dealkylation sites (tertiary alicyclic amines) is 1. The van der Waals surface area contributed by atoms with Crippen LogP contribution in [0.1, 0.15) is 39.5 Å². The van der Waals surface area contributed by atoms with Crippen LogP contribution in [0, 0.1) is 5.92 Å². The smallest absolute Gasteiger partial charge is 0.243 e. The second kappa shape index (κ2) is 10.1. The van der Waals surface area contributed by atoms with Gasteiger partial charge in [-0.05, 0) is 93.9 Å². The fraction of sp³-hybridized carbons (Fsp3) is 0.538. The largest absolute Gasteiger partial charge is 0.493 e. The van der Waals surface area contributed by atoms with Gasteiger partial charge in [0, 0.05) is 19.6 Å². The third-order valence-electron chi connectivity index (χ3n) is 6.54. The number of alkyl halides is 1. The number of benzene rings is 2. The molecule has 2 heterocycles. The third-order valence-corrected chi connectivity index (χ3v) is 8.45. The maximum Gasteiger partial charge on any atom is 0.243 e. The van der Waals surface area contributed by atoms with Crippen LogP contribution in [-0.2, 0) is 10.0 Å². The molecule has 0 bridgehead atoms. The van der Waals surface area contributed by atoms with Gasteiger partial charge in [-0.3, -0.25) is 0 Å². The number of sulfonamides is 1. The van der Waals surface area contributed by atoms with Crippen molar-refractivity contribution < 1.29 is 17.5 Å². The number of halogens is 1. The van der Waals surface area contributed by atoms with Crippen LogP contribution in [0.25, 0.3) is 11.1 Å². The van der Waals surface area contributed by atoms with Gasteiger partial charge in [-0.25, -0.2) is 12.8 Å². The zero-order valence-corrected chi connectivity index (χ0v) is 20.5. The average Bonchev–Trinajstić information content (AvgIpc) is 3.34. The molecule has 5 nitrogen and oxygen atoms in total. The van der Waals surface area contributed by atoms with Crippen molar-refractivity contribution in [3.8, 4) is 16.9 Å². The van der Waals surface area contributed by atoms with Gasteiger partial charge in [0.2, 0.25) is 10.0 Å². The van der Waals surface area contributed by atoms with Crippen LogP contribution in [0.3, 0.4) is 0 Å². The van der Waals surface area contributed by atoms with E-state index in [4.69, 9.17) is 4.74 Å². The zero-order valence-electron chi connectivity index (χ0n) is 19.7. The summed E-state index contributed by atoms with van der Waals surface area (Å²) in [6.07, 6.45) is 3.92. The highest BCUT2D eigenvalue weighted by Crippen LogP contribution is 2.27. The fourth-order valence-electron chi connectivity index (χ4n) is 4.70. The monoisotopic (exact) mass is 474 g/mol. The lowest BCUT2D eigenvalue weighted by molar-refractivity contribution is 0.0836. The second-order valence-corrected chi connectivity index (χ2v) is 11.8. The van der Waals surface area contributed by atoms with Gasteiger partial charge in [-0.1, -0.05) is 24.3 Å². The number of rotatable bonds is 8. The summed E-state index contributed by atoms with van der Waals surface area (Å²) in [6, 6.07) is 15.1. The Balaban J connectivity index is 1.29. The van der Waals surface area contributed by atoms with Crippen LogP contribution >= 0.6 is 0 Å². The standard InChI is InChI=1S/C26H35FN2O3S/c1-26(2,27)20-28-17-13-21(14-18-28)19-32-24-9-5-22(6-10-24)23-7-11-25(12-8-23)33(30,31)29-15-3-4-16-29/h5-12,21H,3-4,13-20H2,1-2H3. The Hall–Kier alpha value is -1.96. The van der Waals surface area contributed by atoms with Crippen molar-refractivity contribution in [3.05, 3.63) is 48.5 Å². The van der Waals surface area contributed by atoms with Gasteiger partial charge in [0.05, 0.1) is 11.5 Å². The van der Waals surface area contributed by atoms with E-state index in [0.717, 1.165) is 55.6 Å². The van der Waals surface area contributed by atoms with Crippen molar-refractivity contribution in [2.24, 2.45) is 5.92 Å². The molecular weight excluding hydrogens is 439 g/mol. The first-order chi connectivity index (χ1) is 15.7. The SMILES string of the molecule is CC(C)(F)CN1CCC(COc2ccc(-c3ccc(S(=O)(=O)N4CCCC4)cc3)cc2)CC1. The van der Waals surface area contributed by atoms with Crippen LogP contribution in [0.15, 0.2) is 53.4 Å². The summed E-state index contributed by atoms with van der Waals surface area (Å²) in [5.41, 5.74) is 0.854. The Morgan fingerprint density at radius 3 is 2.00 bits per heavy atom. The number of piperidine rings is 1. The van der Waals surface area contributed by atoms with Crippen molar-refractivity contribution in [2.75, 3.05) is 39.3 Å². The maximum absolute atomic E-state index is 13.8. The lowest BCUT2D eigenvalue weighted by atomic mass is 9.97. The van der Waals surface area contributed by atoms with Crippen LogP contribution in [0.5, 0.6) is 5.75 Å². The first-order valence-electron chi connectivity index (χ1n) is 12.0. The van der Waals surface area contributed by atoms with Crippen molar-refractivity contribution in [1.82, 2.24) is 9.21 Å². The molecule has 0 N–H and O–H groups in total. The topological polar surface area (TPSA) is 49.9 Å². The third kappa shape index (κ3) is 6.34. The Bertz CT molecular complexity index is 1000. The second-order valence-electron chi connectivity index (χ2n) is 9.91. The highest BCUT2D eigenvalue weighted by molar-refractivity contribution is 7.89. The highest BCUT2D eigenvalue weighted by Gasteiger charge is 2.27. The molecule has 180 valence electrons. The fourth-order valence-corrected chi connectivity index (χ4v) is 6.21. The predicted molar refractivity (Wildman–Crippen MR) is 130 cm³/mol. The average molecular weight is 475 g/mol. The van der Waals surface area contributed by atoms with E-state index in [1.54, 1.807) is 30.3 Å². The molecule has 2 aromatic carbocycles. The highest BCUT2D eigenvalue weighted by atomic mass is 32.2. The van der Waals surface area contributed by atoms with Gasteiger partial charge in [0.25, 0.3) is 0 Å². The van der Waals surface area contributed by atoms with E-state index in [2.05, 4.69) is 4.90 Å². The summed E-state index contributed by atoms with van der Waals surface area (Å²) < 4.78 is 46.8. The minimum absolute atomic E-state index is 0.356. The van der Waals surface area contributed by atoms with Crippen LogP contribution in [0.2, 0.25) is 0 Å². The molecule has 0 unspecified atom stereocenters. The van der Waals surface area contributed by atoms with E-state index in [1.165, 1.54) is 0 Å². The van der Waals surface area contributed by atoms with Gasteiger partial charge in [0.1, 0.15) is 11.4 Å². The molecule has 2 fully saturated rings. The van der Waals surface area contributed by atoms with Crippen molar-refractivity contribution in [1.29, 1.82) is 0 Å². The summed E-state index contributed by atoms with van der Waals surface area (Å²) >= 11 is 0. The molecule has 4 rings (SSSR count). The van der Waals surface area contributed by atoms with Crippen molar-refractivity contribution in [2.45, 2.75) is 50.1 Å². The van der Waals surface area contributed by atoms with Gasteiger partial charge in [0.15, 0.2) is 0 Å². The Morgan fingerprint density at radius 1 is 0.909 bits per heavy atom. The van der Waals surface area contributed by atoms with Crippen LogP contribution in [-0.4, -0.2) is 62.6 Å². The van der Waals surface area contributed by atoms with Gasteiger partial charge in [-0.15, -0.1) is 0 Å². The molecule has 33 heavy (non-hydrogen) atoms.